The first-order valence-corrected chi connectivity index (χ1v) is 10.3. The summed E-state index contributed by atoms with van der Waals surface area (Å²) in [6, 6.07) is 3.94. The quantitative estimate of drug-likeness (QED) is 0.699. The summed E-state index contributed by atoms with van der Waals surface area (Å²) in [4.78, 5) is 21.6. The molecular formula is C17H23BrN4O3S. The molecule has 1 saturated heterocycles. The molecule has 0 N–H and O–H groups in total. The Morgan fingerprint density at radius 2 is 2.19 bits per heavy atom. The minimum Gasteiger partial charge on any atom is -0.449 e. The summed E-state index contributed by atoms with van der Waals surface area (Å²) in [7, 11) is 0. The summed E-state index contributed by atoms with van der Waals surface area (Å²) in [6.45, 7) is 8.13. The molecule has 0 spiro atoms. The predicted molar refractivity (Wildman–Crippen MR) is 103 cm³/mol. The van der Waals surface area contributed by atoms with E-state index in [0.29, 0.717) is 43.9 Å². The van der Waals surface area contributed by atoms with Gasteiger partial charge >= 0.3 is 6.09 Å². The van der Waals surface area contributed by atoms with Crippen molar-refractivity contribution in [3.05, 3.63) is 21.8 Å². The molecule has 3 rings (SSSR count). The van der Waals surface area contributed by atoms with Gasteiger partial charge < -0.3 is 14.2 Å². The number of ether oxygens (including phenoxy) is 1. The predicted octanol–water partition coefficient (Wildman–Crippen LogP) is 3.86. The van der Waals surface area contributed by atoms with Crippen LogP contribution in [-0.4, -0.2) is 58.8 Å². The second-order valence-electron chi connectivity index (χ2n) is 6.70. The van der Waals surface area contributed by atoms with Crippen molar-refractivity contribution in [2.45, 2.75) is 26.8 Å². The highest BCUT2D eigenvalue weighted by atomic mass is 79.9. The second-order valence-corrected chi connectivity index (χ2v) is 9.17. The Morgan fingerprint density at radius 3 is 2.92 bits per heavy atom. The van der Waals surface area contributed by atoms with Crippen LogP contribution < -0.4 is 0 Å². The zero-order valence-corrected chi connectivity index (χ0v) is 17.4. The smallest absolute Gasteiger partial charge is 0.409 e. The van der Waals surface area contributed by atoms with E-state index >= 15 is 0 Å². The normalized spacial score (nSPS) is 16.1. The Morgan fingerprint density at radius 1 is 1.35 bits per heavy atom. The van der Waals surface area contributed by atoms with Crippen molar-refractivity contribution in [3.8, 4) is 10.7 Å². The van der Waals surface area contributed by atoms with Crippen molar-refractivity contribution in [3.63, 3.8) is 0 Å². The van der Waals surface area contributed by atoms with Gasteiger partial charge in [-0.3, -0.25) is 4.90 Å². The minimum absolute atomic E-state index is 0.219. The van der Waals surface area contributed by atoms with E-state index < -0.39 is 0 Å². The highest BCUT2D eigenvalue weighted by molar-refractivity contribution is 9.11. The Hall–Kier alpha value is -1.45. The van der Waals surface area contributed by atoms with Crippen LogP contribution in [0.25, 0.3) is 10.7 Å². The Kier molecular flexibility index (Phi) is 6.66. The molecular weight excluding hydrogens is 420 g/mol. The van der Waals surface area contributed by atoms with Gasteiger partial charge in [0.05, 0.1) is 21.8 Å². The molecule has 0 unspecified atom stereocenters. The number of carbonyl (C=O) groups excluding carboxylic acids is 1. The van der Waals surface area contributed by atoms with Gasteiger partial charge in [0.1, 0.15) is 0 Å². The lowest BCUT2D eigenvalue weighted by atomic mass is 10.2. The number of amides is 1. The number of thiophene rings is 1. The second kappa shape index (κ2) is 8.96. The summed E-state index contributed by atoms with van der Waals surface area (Å²) < 4.78 is 11.8. The maximum atomic E-state index is 12.1. The molecule has 1 amide bonds. The van der Waals surface area contributed by atoms with Crippen LogP contribution in [0.1, 0.15) is 26.2 Å². The third-order valence-corrected chi connectivity index (χ3v) is 5.63. The van der Waals surface area contributed by atoms with Gasteiger partial charge in [-0.05, 0) is 40.4 Å². The topological polar surface area (TPSA) is 71.7 Å². The van der Waals surface area contributed by atoms with E-state index in [4.69, 9.17) is 9.26 Å². The molecule has 26 heavy (non-hydrogen) atoms. The van der Waals surface area contributed by atoms with Gasteiger partial charge in [-0.2, -0.15) is 4.98 Å². The molecule has 142 valence electrons. The van der Waals surface area contributed by atoms with Gasteiger partial charge in [0.25, 0.3) is 0 Å². The van der Waals surface area contributed by atoms with Crippen molar-refractivity contribution in [2.75, 3.05) is 32.8 Å². The molecule has 0 aromatic carbocycles. The standard InChI is InChI=1S/C17H23BrN4O3S/c1-12(2)11-24-17(23)22-7-3-6-21(8-9-22)10-15-19-16(20-25-15)13-4-5-14(18)26-13/h4-5,12H,3,6-11H2,1-2H3. The minimum atomic E-state index is -0.219. The van der Waals surface area contributed by atoms with E-state index in [1.807, 2.05) is 26.0 Å². The van der Waals surface area contributed by atoms with E-state index in [1.165, 1.54) is 0 Å². The van der Waals surface area contributed by atoms with Crippen LogP contribution in [0, 0.1) is 5.92 Å². The molecule has 2 aromatic rings. The molecule has 0 bridgehead atoms. The molecule has 0 radical (unpaired) electrons. The average Bonchev–Trinajstić information content (AvgIpc) is 3.17. The fourth-order valence-corrected chi connectivity index (χ4v) is 4.00. The van der Waals surface area contributed by atoms with Crippen molar-refractivity contribution >= 4 is 33.4 Å². The summed E-state index contributed by atoms with van der Waals surface area (Å²) in [6.07, 6.45) is 0.680. The maximum absolute atomic E-state index is 12.1. The average molecular weight is 443 g/mol. The summed E-state index contributed by atoms with van der Waals surface area (Å²) in [5.74, 6) is 1.56. The van der Waals surface area contributed by atoms with Crippen molar-refractivity contribution < 1.29 is 14.1 Å². The zero-order chi connectivity index (χ0) is 18.5. The van der Waals surface area contributed by atoms with E-state index in [0.717, 1.165) is 28.2 Å². The van der Waals surface area contributed by atoms with E-state index in [9.17, 15) is 4.79 Å². The maximum Gasteiger partial charge on any atom is 0.409 e. The molecule has 3 heterocycles. The van der Waals surface area contributed by atoms with Gasteiger partial charge in [0.2, 0.25) is 11.7 Å². The SMILES string of the molecule is CC(C)COC(=O)N1CCCN(Cc2nc(-c3ccc(Br)s3)no2)CC1. The number of nitrogens with zero attached hydrogens (tertiary/aromatic N) is 4. The fraction of sp³-hybridized carbons (Fsp3) is 0.588. The number of hydrogen-bond donors (Lipinski definition) is 0. The summed E-state index contributed by atoms with van der Waals surface area (Å²) >= 11 is 5.02. The lowest BCUT2D eigenvalue weighted by Gasteiger charge is -2.21. The van der Waals surface area contributed by atoms with Crippen LogP contribution in [0.2, 0.25) is 0 Å². The molecule has 1 aliphatic rings. The lowest BCUT2D eigenvalue weighted by molar-refractivity contribution is 0.0928. The van der Waals surface area contributed by atoms with Crippen LogP contribution in [-0.2, 0) is 11.3 Å². The number of aromatic nitrogens is 2. The van der Waals surface area contributed by atoms with Gasteiger partial charge in [-0.25, -0.2) is 4.79 Å². The van der Waals surface area contributed by atoms with Gasteiger partial charge in [0.15, 0.2) is 0 Å². The monoisotopic (exact) mass is 442 g/mol. The van der Waals surface area contributed by atoms with Crippen LogP contribution >= 0.6 is 27.3 Å². The number of halogens is 1. The Bertz CT molecular complexity index is 733. The largest absolute Gasteiger partial charge is 0.449 e. The molecule has 0 atom stereocenters. The number of hydrogen-bond acceptors (Lipinski definition) is 7. The zero-order valence-electron chi connectivity index (χ0n) is 15.0. The highest BCUT2D eigenvalue weighted by Crippen LogP contribution is 2.29. The van der Waals surface area contributed by atoms with Crippen LogP contribution in [0.4, 0.5) is 4.79 Å². The number of rotatable bonds is 5. The first kappa shape index (κ1) is 19.3. The summed E-state index contributed by atoms with van der Waals surface area (Å²) in [5, 5.41) is 4.06. The van der Waals surface area contributed by atoms with Crippen LogP contribution in [0.15, 0.2) is 20.4 Å². The fourth-order valence-electron chi connectivity index (χ4n) is 2.69. The van der Waals surface area contributed by atoms with Crippen LogP contribution in [0.3, 0.4) is 0 Å². The van der Waals surface area contributed by atoms with Crippen molar-refractivity contribution in [1.82, 2.24) is 19.9 Å². The van der Waals surface area contributed by atoms with Gasteiger partial charge in [0, 0.05) is 26.2 Å². The molecule has 1 fully saturated rings. The van der Waals surface area contributed by atoms with Crippen LogP contribution in [0.5, 0.6) is 0 Å². The molecule has 0 saturated carbocycles. The first-order chi connectivity index (χ1) is 12.5. The van der Waals surface area contributed by atoms with Gasteiger partial charge in [-0.1, -0.05) is 19.0 Å². The van der Waals surface area contributed by atoms with E-state index in [-0.39, 0.29) is 6.09 Å². The molecule has 7 nitrogen and oxygen atoms in total. The molecule has 2 aromatic heterocycles. The molecule has 0 aliphatic carbocycles. The third-order valence-electron chi connectivity index (χ3n) is 4.01. The first-order valence-electron chi connectivity index (χ1n) is 8.73. The van der Waals surface area contributed by atoms with Crippen molar-refractivity contribution in [2.24, 2.45) is 5.92 Å². The molecule has 1 aliphatic heterocycles. The van der Waals surface area contributed by atoms with E-state index in [1.54, 1.807) is 16.2 Å². The van der Waals surface area contributed by atoms with E-state index in [2.05, 4.69) is 31.0 Å². The third kappa shape index (κ3) is 5.28. The number of carbonyl (C=O) groups is 1. The molecule has 9 heteroatoms. The highest BCUT2D eigenvalue weighted by Gasteiger charge is 2.22. The lowest BCUT2D eigenvalue weighted by Crippen LogP contribution is -2.36. The Balaban J connectivity index is 1.52. The van der Waals surface area contributed by atoms with Gasteiger partial charge in [-0.15, -0.1) is 11.3 Å². The summed E-state index contributed by atoms with van der Waals surface area (Å²) in [5.41, 5.74) is 0. The Labute approximate surface area is 165 Å². The van der Waals surface area contributed by atoms with Crippen molar-refractivity contribution in [1.29, 1.82) is 0 Å².